The molecule has 5 nitrogen and oxygen atoms in total. The van der Waals surface area contributed by atoms with Crippen molar-refractivity contribution in [2.24, 2.45) is 5.92 Å². The van der Waals surface area contributed by atoms with E-state index in [1.54, 1.807) is 6.20 Å². The van der Waals surface area contributed by atoms with Crippen molar-refractivity contribution in [2.45, 2.75) is 19.8 Å². The van der Waals surface area contributed by atoms with Crippen LogP contribution in [0.5, 0.6) is 0 Å². The Bertz CT molecular complexity index is 630. The molecule has 116 valence electrons. The number of oxazole rings is 1. The normalized spacial score (nSPS) is 14.6. The Morgan fingerprint density at radius 2 is 2.14 bits per heavy atom. The Labute approximate surface area is 130 Å². The summed E-state index contributed by atoms with van der Waals surface area (Å²) in [6, 6.07) is 8.11. The molecule has 1 aliphatic rings. The molecule has 0 saturated carbocycles. The molecule has 1 aromatic heterocycles. The molecular formula is C17H21N3O2. The second-order valence-corrected chi connectivity index (χ2v) is 5.81. The number of aryl methyl sites for hydroxylation is 2. The fourth-order valence-electron chi connectivity index (χ4n) is 2.34. The summed E-state index contributed by atoms with van der Waals surface area (Å²) in [6.45, 7) is 4.81. The number of hydrogen-bond donors (Lipinski definition) is 2. The molecule has 0 radical (unpaired) electrons. The lowest BCUT2D eigenvalue weighted by molar-refractivity contribution is -0.121. The van der Waals surface area contributed by atoms with E-state index in [0.717, 1.165) is 31.0 Å². The number of carbonyl (C=O) groups excluding carboxylic acids is 1. The summed E-state index contributed by atoms with van der Waals surface area (Å²) < 4.78 is 5.72. The minimum absolute atomic E-state index is 0.0574. The van der Waals surface area contributed by atoms with Gasteiger partial charge in [0, 0.05) is 44.0 Å². The zero-order valence-electron chi connectivity index (χ0n) is 12.8. The molecule has 1 saturated heterocycles. The van der Waals surface area contributed by atoms with Gasteiger partial charge in [-0.2, -0.15) is 0 Å². The van der Waals surface area contributed by atoms with Gasteiger partial charge in [-0.05, 0) is 6.92 Å². The van der Waals surface area contributed by atoms with E-state index in [2.05, 4.69) is 15.6 Å². The summed E-state index contributed by atoms with van der Waals surface area (Å²) in [5.74, 6) is 1.99. The van der Waals surface area contributed by atoms with Crippen LogP contribution >= 0.6 is 0 Å². The molecule has 1 amide bonds. The molecule has 1 fully saturated rings. The molecule has 1 aliphatic heterocycles. The third kappa shape index (κ3) is 3.74. The van der Waals surface area contributed by atoms with Gasteiger partial charge in [-0.25, -0.2) is 4.98 Å². The Morgan fingerprint density at radius 3 is 2.82 bits per heavy atom. The summed E-state index contributed by atoms with van der Waals surface area (Å²) in [4.78, 5) is 16.0. The van der Waals surface area contributed by atoms with Crippen molar-refractivity contribution in [3.8, 4) is 11.3 Å². The van der Waals surface area contributed by atoms with E-state index in [1.807, 2.05) is 31.2 Å². The molecule has 2 N–H and O–H groups in total. The van der Waals surface area contributed by atoms with Crippen molar-refractivity contribution >= 4 is 5.91 Å². The Hall–Kier alpha value is -2.14. The lowest BCUT2D eigenvalue weighted by Crippen LogP contribution is -2.48. The molecule has 0 spiro atoms. The van der Waals surface area contributed by atoms with Crippen LogP contribution in [0, 0.1) is 12.8 Å². The van der Waals surface area contributed by atoms with Crippen molar-refractivity contribution in [1.29, 1.82) is 0 Å². The predicted molar refractivity (Wildman–Crippen MR) is 84.4 cm³/mol. The molecule has 0 atom stereocenters. The number of benzene rings is 1. The number of carbonyl (C=O) groups is 1. The van der Waals surface area contributed by atoms with Crippen LogP contribution in [0.1, 0.15) is 17.9 Å². The second kappa shape index (κ2) is 6.75. The van der Waals surface area contributed by atoms with Crippen molar-refractivity contribution < 1.29 is 9.21 Å². The first-order chi connectivity index (χ1) is 10.7. The van der Waals surface area contributed by atoms with Gasteiger partial charge in [0.15, 0.2) is 11.7 Å². The molecule has 0 aliphatic carbocycles. The highest BCUT2D eigenvalue weighted by atomic mass is 16.4. The van der Waals surface area contributed by atoms with Gasteiger partial charge < -0.3 is 15.1 Å². The van der Waals surface area contributed by atoms with Crippen LogP contribution in [0.25, 0.3) is 11.3 Å². The van der Waals surface area contributed by atoms with Crippen LogP contribution in [0.15, 0.2) is 34.9 Å². The topological polar surface area (TPSA) is 67.2 Å². The number of hydrogen-bond acceptors (Lipinski definition) is 4. The first kappa shape index (κ1) is 14.8. The largest absolute Gasteiger partial charge is 0.441 e. The first-order valence-corrected chi connectivity index (χ1v) is 7.70. The van der Waals surface area contributed by atoms with E-state index >= 15 is 0 Å². The minimum atomic E-state index is 0.0574. The zero-order chi connectivity index (χ0) is 15.4. The first-order valence-electron chi connectivity index (χ1n) is 7.70. The molecule has 5 heteroatoms. The summed E-state index contributed by atoms with van der Waals surface area (Å²) in [7, 11) is 0. The summed E-state index contributed by atoms with van der Waals surface area (Å²) >= 11 is 0. The number of nitrogens with one attached hydrogen (secondary N) is 2. The van der Waals surface area contributed by atoms with Gasteiger partial charge in [0.1, 0.15) is 0 Å². The lowest BCUT2D eigenvalue weighted by Gasteiger charge is -2.27. The third-order valence-corrected chi connectivity index (χ3v) is 3.91. The van der Waals surface area contributed by atoms with Gasteiger partial charge in [-0.3, -0.25) is 4.79 Å². The molecule has 22 heavy (non-hydrogen) atoms. The van der Waals surface area contributed by atoms with Crippen LogP contribution in [-0.4, -0.2) is 30.5 Å². The number of nitrogens with zero attached hydrogens (tertiary/aromatic N) is 1. The molecule has 0 unspecified atom stereocenters. The van der Waals surface area contributed by atoms with Crippen molar-refractivity contribution in [2.75, 3.05) is 19.6 Å². The van der Waals surface area contributed by atoms with E-state index in [4.69, 9.17) is 4.42 Å². The van der Waals surface area contributed by atoms with Crippen molar-refractivity contribution in [3.63, 3.8) is 0 Å². The molecule has 1 aromatic carbocycles. The van der Waals surface area contributed by atoms with Crippen LogP contribution in [0.4, 0.5) is 0 Å². The van der Waals surface area contributed by atoms with E-state index < -0.39 is 0 Å². The Balaban J connectivity index is 1.48. The lowest BCUT2D eigenvalue weighted by atomic mass is 10.0. The maximum Gasteiger partial charge on any atom is 0.220 e. The van der Waals surface area contributed by atoms with E-state index in [-0.39, 0.29) is 5.91 Å². The van der Waals surface area contributed by atoms with Crippen LogP contribution in [0.3, 0.4) is 0 Å². The van der Waals surface area contributed by atoms with Crippen molar-refractivity contribution in [1.82, 2.24) is 15.6 Å². The maximum absolute atomic E-state index is 11.8. The number of rotatable bonds is 6. The highest BCUT2D eigenvalue weighted by molar-refractivity contribution is 5.76. The van der Waals surface area contributed by atoms with Gasteiger partial charge in [0.25, 0.3) is 0 Å². The van der Waals surface area contributed by atoms with E-state index in [9.17, 15) is 4.79 Å². The molecule has 0 bridgehead atoms. The highest BCUT2D eigenvalue weighted by Gasteiger charge is 2.17. The van der Waals surface area contributed by atoms with Crippen LogP contribution in [-0.2, 0) is 11.2 Å². The quantitative estimate of drug-likeness (QED) is 0.855. The molecule has 2 aromatic rings. The summed E-state index contributed by atoms with van der Waals surface area (Å²) in [5.41, 5.74) is 2.22. The third-order valence-electron chi connectivity index (χ3n) is 3.91. The Morgan fingerprint density at radius 1 is 1.36 bits per heavy atom. The van der Waals surface area contributed by atoms with E-state index in [0.29, 0.717) is 24.7 Å². The van der Waals surface area contributed by atoms with Gasteiger partial charge in [0.05, 0.1) is 6.20 Å². The van der Waals surface area contributed by atoms with E-state index in [1.165, 1.54) is 5.56 Å². The monoisotopic (exact) mass is 299 g/mol. The number of amides is 1. The molecule has 2 heterocycles. The van der Waals surface area contributed by atoms with Gasteiger partial charge in [0.2, 0.25) is 5.91 Å². The highest BCUT2D eigenvalue weighted by Crippen LogP contribution is 2.21. The van der Waals surface area contributed by atoms with Crippen LogP contribution in [0.2, 0.25) is 0 Å². The average molecular weight is 299 g/mol. The SMILES string of the molecule is Cc1ccc(-c2cnc(CCC(=O)NCC3CNC3)o2)cc1. The van der Waals surface area contributed by atoms with Crippen LogP contribution < -0.4 is 10.6 Å². The number of aromatic nitrogens is 1. The fourth-order valence-corrected chi connectivity index (χ4v) is 2.34. The zero-order valence-corrected chi connectivity index (χ0v) is 12.8. The molecular weight excluding hydrogens is 278 g/mol. The fraction of sp³-hybridized carbons (Fsp3) is 0.412. The average Bonchev–Trinajstić information content (AvgIpc) is 2.93. The summed E-state index contributed by atoms with van der Waals surface area (Å²) in [5, 5.41) is 6.14. The van der Waals surface area contributed by atoms with Gasteiger partial charge in [-0.1, -0.05) is 29.8 Å². The summed E-state index contributed by atoms with van der Waals surface area (Å²) in [6.07, 6.45) is 2.66. The smallest absolute Gasteiger partial charge is 0.220 e. The van der Waals surface area contributed by atoms with Gasteiger partial charge >= 0.3 is 0 Å². The second-order valence-electron chi connectivity index (χ2n) is 5.81. The minimum Gasteiger partial charge on any atom is -0.441 e. The predicted octanol–water partition coefficient (Wildman–Crippen LogP) is 1.92. The standard InChI is InChI=1S/C17H21N3O2/c1-12-2-4-14(5-3-12)15-11-20-17(22-15)7-6-16(21)19-10-13-8-18-9-13/h2-5,11,13,18H,6-10H2,1H3,(H,19,21). The Kier molecular flexibility index (Phi) is 4.53. The van der Waals surface area contributed by atoms with Crippen molar-refractivity contribution in [3.05, 3.63) is 41.9 Å². The maximum atomic E-state index is 11.8. The van der Waals surface area contributed by atoms with Gasteiger partial charge in [-0.15, -0.1) is 0 Å². The molecule has 3 rings (SSSR count).